The van der Waals surface area contributed by atoms with E-state index in [9.17, 15) is 9.59 Å². The molecule has 6 nitrogen and oxygen atoms in total. The molecule has 1 saturated carbocycles. The highest BCUT2D eigenvalue weighted by atomic mass is 16.5. The Morgan fingerprint density at radius 2 is 2.04 bits per heavy atom. The number of hydrogen-bond donors (Lipinski definition) is 1. The summed E-state index contributed by atoms with van der Waals surface area (Å²) in [6.45, 7) is 2.14. The van der Waals surface area contributed by atoms with Gasteiger partial charge in [0.1, 0.15) is 5.75 Å². The number of pyridine rings is 1. The Bertz CT molecular complexity index is 815. The lowest BCUT2D eigenvalue weighted by molar-refractivity contribution is 0.0696. The lowest BCUT2D eigenvalue weighted by Crippen LogP contribution is -2.33. The van der Waals surface area contributed by atoms with Crippen molar-refractivity contribution in [1.29, 1.82) is 0 Å². The normalized spacial score (nSPS) is 13.4. The summed E-state index contributed by atoms with van der Waals surface area (Å²) in [5, 5.41) is 9.16. The zero-order chi connectivity index (χ0) is 18.0. The third-order valence-electron chi connectivity index (χ3n) is 4.35. The molecule has 1 N–H and O–H groups in total. The Morgan fingerprint density at radius 1 is 1.32 bits per heavy atom. The Balaban J connectivity index is 1.92. The Hall–Kier alpha value is -2.89. The Morgan fingerprint density at radius 3 is 2.68 bits per heavy atom. The topological polar surface area (TPSA) is 79.7 Å². The average Bonchev–Trinajstić information content (AvgIpc) is 3.44. The number of aromatic carboxylic acids is 1. The second kappa shape index (κ2) is 6.93. The van der Waals surface area contributed by atoms with Gasteiger partial charge in [0.2, 0.25) is 0 Å². The maximum Gasteiger partial charge on any atom is 0.337 e. The molecule has 0 unspecified atom stereocenters. The van der Waals surface area contributed by atoms with Crippen molar-refractivity contribution >= 4 is 11.9 Å². The van der Waals surface area contributed by atoms with Crippen LogP contribution in [0.4, 0.5) is 0 Å². The van der Waals surface area contributed by atoms with Gasteiger partial charge in [-0.15, -0.1) is 0 Å². The third-order valence-corrected chi connectivity index (χ3v) is 4.35. The highest BCUT2D eigenvalue weighted by molar-refractivity contribution is 5.98. The van der Waals surface area contributed by atoms with Crippen molar-refractivity contribution in [2.24, 2.45) is 0 Å². The molecular formula is C19H20N2O4. The predicted molar refractivity (Wildman–Crippen MR) is 91.8 cm³/mol. The molecular weight excluding hydrogens is 320 g/mol. The van der Waals surface area contributed by atoms with E-state index in [1.54, 1.807) is 18.9 Å². The molecule has 1 aromatic heterocycles. The van der Waals surface area contributed by atoms with Crippen LogP contribution in [0.15, 0.2) is 36.5 Å². The predicted octanol–water partition coefficient (Wildman–Crippen LogP) is 2.90. The molecule has 0 saturated heterocycles. The standard InChI is InChI=1S/C19H20N2O4/c1-12-16(9-14(10-20-12)19(23)24)18(22)21(15-7-8-15)11-13-5-3-4-6-17(13)25-2/h3-6,9-10,15H,7-8,11H2,1-2H3,(H,23,24). The van der Waals surface area contributed by atoms with E-state index in [0.717, 1.165) is 24.2 Å². The number of aromatic nitrogens is 1. The van der Waals surface area contributed by atoms with Gasteiger partial charge in [0.15, 0.2) is 0 Å². The van der Waals surface area contributed by atoms with Crippen molar-refractivity contribution in [3.8, 4) is 5.75 Å². The second-order valence-electron chi connectivity index (χ2n) is 6.14. The summed E-state index contributed by atoms with van der Waals surface area (Å²) >= 11 is 0. The zero-order valence-electron chi connectivity index (χ0n) is 14.2. The first-order valence-corrected chi connectivity index (χ1v) is 8.14. The number of rotatable bonds is 6. The van der Waals surface area contributed by atoms with Crippen LogP contribution in [-0.2, 0) is 6.54 Å². The molecule has 3 rings (SSSR count). The van der Waals surface area contributed by atoms with Crippen molar-refractivity contribution in [3.63, 3.8) is 0 Å². The summed E-state index contributed by atoms with van der Waals surface area (Å²) in [7, 11) is 1.60. The minimum absolute atomic E-state index is 0.0157. The molecule has 0 aliphatic heterocycles. The number of aryl methyl sites for hydroxylation is 1. The molecule has 1 aliphatic carbocycles. The zero-order valence-corrected chi connectivity index (χ0v) is 14.2. The first-order valence-electron chi connectivity index (χ1n) is 8.14. The van der Waals surface area contributed by atoms with Crippen LogP contribution >= 0.6 is 0 Å². The number of benzene rings is 1. The Labute approximate surface area is 146 Å². The van der Waals surface area contributed by atoms with Crippen LogP contribution < -0.4 is 4.74 Å². The van der Waals surface area contributed by atoms with Crippen LogP contribution in [0.3, 0.4) is 0 Å². The van der Waals surface area contributed by atoms with Gasteiger partial charge in [-0.05, 0) is 31.9 Å². The highest BCUT2D eigenvalue weighted by Gasteiger charge is 2.34. The SMILES string of the molecule is COc1ccccc1CN(C(=O)c1cc(C(=O)O)cnc1C)C1CC1. The van der Waals surface area contributed by atoms with Gasteiger partial charge in [-0.3, -0.25) is 9.78 Å². The maximum absolute atomic E-state index is 13.1. The van der Waals surface area contributed by atoms with Crippen molar-refractivity contribution in [2.45, 2.75) is 32.4 Å². The van der Waals surface area contributed by atoms with E-state index in [-0.39, 0.29) is 17.5 Å². The number of carbonyl (C=O) groups is 2. The third kappa shape index (κ3) is 3.63. The second-order valence-corrected chi connectivity index (χ2v) is 6.14. The van der Waals surface area contributed by atoms with Gasteiger partial charge in [0, 0.05) is 24.3 Å². The van der Waals surface area contributed by atoms with Gasteiger partial charge in [-0.25, -0.2) is 4.79 Å². The van der Waals surface area contributed by atoms with E-state index in [1.165, 1.54) is 12.3 Å². The van der Waals surface area contributed by atoms with Crippen LogP contribution in [0.1, 0.15) is 44.8 Å². The van der Waals surface area contributed by atoms with Gasteiger partial charge in [0.25, 0.3) is 5.91 Å². The van der Waals surface area contributed by atoms with E-state index in [1.807, 2.05) is 24.3 Å². The minimum Gasteiger partial charge on any atom is -0.496 e. The molecule has 1 fully saturated rings. The number of hydrogen-bond acceptors (Lipinski definition) is 4. The molecule has 1 aromatic carbocycles. The summed E-state index contributed by atoms with van der Waals surface area (Å²) in [5.41, 5.74) is 1.80. The number of carboxylic acid groups (broad SMARTS) is 1. The molecule has 0 bridgehead atoms. The van der Waals surface area contributed by atoms with E-state index in [0.29, 0.717) is 17.8 Å². The van der Waals surface area contributed by atoms with Gasteiger partial charge >= 0.3 is 5.97 Å². The smallest absolute Gasteiger partial charge is 0.337 e. The van der Waals surface area contributed by atoms with Crippen molar-refractivity contribution < 1.29 is 19.4 Å². The lowest BCUT2D eigenvalue weighted by Gasteiger charge is -2.24. The first kappa shape index (κ1) is 17.0. The summed E-state index contributed by atoms with van der Waals surface area (Å²) in [5.74, 6) is -0.555. The van der Waals surface area contributed by atoms with Crippen LogP contribution in [0.25, 0.3) is 0 Å². The first-order chi connectivity index (χ1) is 12.0. The van der Waals surface area contributed by atoms with E-state index < -0.39 is 5.97 Å². The molecule has 130 valence electrons. The minimum atomic E-state index is -1.09. The molecule has 1 aliphatic rings. The fourth-order valence-electron chi connectivity index (χ4n) is 2.79. The van der Waals surface area contributed by atoms with Gasteiger partial charge in [-0.2, -0.15) is 0 Å². The molecule has 6 heteroatoms. The molecule has 1 amide bonds. The fourth-order valence-corrected chi connectivity index (χ4v) is 2.79. The molecule has 1 heterocycles. The molecule has 2 aromatic rings. The van der Waals surface area contributed by atoms with Gasteiger partial charge in [0.05, 0.1) is 23.9 Å². The average molecular weight is 340 g/mol. The van der Waals surface area contributed by atoms with E-state index in [2.05, 4.69) is 4.98 Å². The molecule has 0 radical (unpaired) electrons. The van der Waals surface area contributed by atoms with Crippen molar-refractivity contribution in [3.05, 3.63) is 58.9 Å². The van der Waals surface area contributed by atoms with Crippen molar-refractivity contribution in [1.82, 2.24) is 9.88 Å². The van der Waals surface area contributed by atoms with E-state index in [4.69, 9.17) is 9.84 Å². The molecule has 0 atom stereocenters. The summed E-state index contributed by atoms with van der Waals surface area (Å²) < 4.78 is 5.38. The van der Waals surface area contributed by atoms with Crippen LogP contribution in [0.5, 0.6) is 5.75 Å². The summed E-state index contributed by atoms with van der Waals surface area (Å²) in [6.07, 6.45) is 3.17. The number of carbonyl (C=O) groups excluding carboxylic acids is 1. The number of methoxy groups -OCH3 is 1. The van der Waals surface area contributed by atoms with Crippen LogP contribution in [0.2, 0.25) is 0 Å². The number of nitrogens with zero attached hydrogens (tertiary/aromatic N) is 2. The summed E-state index contributed by atoms with van der Waals surface area (Å²) in [6, 6.07) is 9.17. The quantitative estimate of drug-likeness (QED) is 0.874. The van der Waals surface area contributed by atoms with Gasteiger partial charge in [-0.1, -0.05) is 18.2 Å². The van der Waals surface area contributed by atoms with E-state index >= 15 is 0 Å². The van der Waals surface area contributed by atoms with Gasteiger partial charge < -0.3 is 14.7 Å². The monoisotopic (exact) mass is 340 g/mol. The molecule has 0 spiro atoms. The number of para-hydroxylation sites is 1. The largest absolute Gasteiger partial charge is 0.496 e. The number of amides is 1. The van der Waals surface area contributed by atoms with Crippen LogP contribution in [0, 0.1) is 6.92 Å². The Kier molecular flexibility index (Phi) is 4.70. The maximum atomic E-state index is 13.1. The highest BCUT2D eigenvalue weighted by Crippen LogP contribution is 2.32. The fraction of sp³-hybridized carbons (Fsp3) is 0.316. The summed E-state index contributed by atoms with van der Waals surface area (Å²) in [4.78, 5) is 30.1. The number of carboxylic acids is 1. The van der Waals surface area contributed by atoms with Crippen molar-refractivity contribution in [2.75, 3.05) is 7.11 Å². The van der Waals surface area contributed by atoms with Crippen LogP contribution in [-0.4, -0.2) is 40.0 Å². The number of ether oxygens (including phenoxy) is 1. The molecule has 25 heavy (non-hydrogen) atoms. The lowest BCUT2D eigenvalue weighted by atomic mass is 10.1.